The zero-order chi connectivity index (χ0) is 14.8. The summed E-state index contributed by atoms with van der Waals surface area (Å²) in [4.78, 5) is 25.8. The second-order valence-corrected chi connectivity index (χ2v) is 5.57. The maximum atomic E-state index is 12.5. The molecule has 0 N–H and O–H groups in total. The van der Waals surface area contributed by atoms with Gasteiger partial charge in [0.05, 0.1) is 26.2 Å². The first-order valence-electron chi connectivity index (χ1n) is 7.25. The van der Waals surface area contributed by atoms with Gasteiger partial charge in [0.2, 0.25) is 0 Å². The number of esters is 1. The van der Waals surface area contributed by atoms with Gasteiger partial charge in [-0.2, -0.15) is 0 Å². The highest BCUT2D eigenvalue weighted by Gasteiger charge is 2.28. The summed E-state index contributed by atoms with van der Waals surface area (Å²) in [5.74, 6) is -0.211. The number of ether oxygens (including phenoxy) is 2. The number of nitrogens with zero attached hydrogens (tertiary/aromatic N) is 1. The molecule has 2 aliphatic heterocycles. The molecule has 1 aromatic rings. The third-order valence-corrected chi connectivity index (χ3v) is 4.29. The summed E-state index contributed by atoms with van der Waals surface area (Å²) in [7, 11) is 1.41. The van der Waals surface area contributed by atoms with Crippen LogP contribution in [0.5, 0.6) is 0 Å². The summed E-state index contributed by atoms with van der Waals surface area (Å²) in [6.07, 6.45) is 1.35. The van der Waals surface area contributed by atoms with Crippen LogP contribution in [0.4, 0.5) is 0 Å². The molecule has 1 aromatic carbocycles. The van der Waals surface area contributed by atoms with Crippen molar-refractivity contribution in [3.05, 3.63) is 34.9 Å². The predicted molar refractivity (Wildman–Crippen MR) is 75.6 cm³/mol. The fourth-order valence-corrected chi connectivity index (χ4v) is 2.97. The van der Waals surface area contributed by atoms with E-state index < -0.39 is 0 Å². The van der Waals surface area contributed by atoms with E-state index in [4.69, 9.17) is 9.47 Å². The number of fused-ring (bicyclic) bond motifs is 1. The number of benzene rings is 1. The molecule has 3 rings (SSSR count). The molecule has 5 heteroatoms. The molecule has 0 aliphatic carbocycles. The first kappa shape index (κ1) is 14.1. The molecular weight excluding hydrogens is 270 g/mol. The minimum atomic E-state index is -0.170. The fraction of sp³-hybridized carbons (Fsp3) is 0.500. The van der Waals surface area contributed by atoms with E-state index in [1.54, 1.807) is 0 Å². The van der Waals surface area contributed by atoms with Gasteiger partial charge in [-0.25, -0.2) is 0 Å². The summed E-state index contributed by atoms with van der Waals surface area (Å²) in [6, 6.07) is 5.76. The lowest BCUT2D eigenvalue weighted by Crippen LogP contribution is -2.40. The van der Waals surface area contributed by atoms with Crippen LogP contribution < -0.4 is 0 Å². The van der Waals surface area contributed by atoms with Gasteiger partial charge < -0.3 is 14.4 Å². The SMILES string of the molecule is COC(=O)C1CCN(C(=O)c2ccc3c(c2)COC3)CC1. The van der Waals surface area contributed by atoms with Crippen LogP contribution in [0.25, 0.3) is 0 Å². The molecule has 2 aliphatic rings. The van der Waals surface area contributed by atoms with Crippen molar-refractivity contribution in [1.82, 2.24) is 4.90 Å². The van der Waals surface area contributed by atoms with Crippen molar-refractivity contribution in [2.45, 2.75) is 26.1 Å². The Morgan fingerprint density at radius 1 is 1.19 bits per heavy atom. The molecule has 5 nitrogen and oxygen atoms in total. The Hall–Kier alpha value is -1.88. The molecule has 0 atom stereocenters. The van der Waals surface area contributed by atoms with E-state index in [9.17, 15) is 9.59 Å². The lowest BCUT2D eigenvalue weighted by Gasteiger charge is -2.30. The predicted octanol–water partition coefficient (Wildman–Crippen LogP) is 1.74. The van der Waals surface area contributed by atoms with Crippen molar-refractivity contribution >= 4 is 11.9 Å². The number of rotatable bonds is 2. The molecule has 0 radical (unpaired) electrons. The highest BCUT2D eigenvalue weighted by molar-refractivity contribution is 5.94. The van der Waals surface area contributed by atoms with Gasteiger partial charge >= 0.3 is 5.97 Å². The van der Waals surface area contributed by atoms with Crippen LogP contribution in [0.2, 0.25) is 0 Å². The van der Waals surface area contributed by atoms with Crippen LogP contribution >= 0.6 is 0 Å². The van der Waals surface area contributed by atoms with Crippen LogP contribution in [-0.2, 0) is 27.5 Å². The van der Waals surface area contributed by atoms with Gasteiger partial charge in [-0.15, -0.1) is 0 Å². The van der Waals surface area contributed by atoms with Crippen molar-refractivity contribution in [1.29, 1.82) is 0 Å². The number of piperidine rings is 1. The molecular formula is C16H19NO4. The standard InChI is InChI=1S/C16H19NO4/c1-20-16(19)11-4-6-17(7-5-11)15(18)12-2-3-13-9-21-10-14(13)8-12/h2-3,8,11H,4-7,9-10H2,1H3. The van der Waals surface area contributed by atoms with Gasteiger partial charge in [0.1, 0.15) is 0 Å². The topological polar surface area (TPSA) is 55.8 Å². The average molecular weight is 289 g/mol. The summed E-state index contributed by atoms with van der Waals surface area (Å²) >= 11 is 0. The Bertz CT molecular complexity index is 561. The first-order valence-corrected chi connectivity index (χ1v) is 7.25. The van der Waals surface area contributed by atoms with Crippen molar-refractivity contribution in [2.24, 2.45) is 5.92 Å². The molecule has 0 aromatic heterocycles. The number of hydrogen-bond acceptors (Lipinski definition) is 4. The van der Waals surface area contributed by atoms with E-state index in [1.807, 2.05) is 23.1 Å². The average Bonchev–Trinajstić information content (AvgIpc) is 3.01. The van der Waals surface area contributed by atoms with Crippen molar-refractivity contribution < 1.29 is 19.1 Å². The third kappa shape index (κ3) is 2.78. The van der Waals surface area contributed by atoms with Crippen LogP contribution in [0.1, 0.15) is 34.3 Å². The Balaban J connectivity index is 1.65. The molecule has 112 valence electrons. The molecule has 1 saturated heterocycles. The molecule has 1 fully saturated rings. The maximum Gasteiger partial charge on any atom is 0.308 e. The van der Waals surface area contributed by atoms with Gasteiger partial charge in [-0.3, -0.25) is 9.59 Å². The van der Waals surface area contributed by atoms with Crippen LogP contribution in [-0.4, -0.2) is 37.0 Å². The summed E-state index contributed by atoms with van der Waals surface area (Å²) in [5, 5.41) is 0. The quantitative estimate of drug-likeness (QED) is 0.778. The van der Waals surface area contributed by atoms with Crippen LogP contribution in [0.3, 0.4) is 0 Å². The molecule has 1 amide bonds. The summed E-state index contributed by atoms with van der Waals surface area (Å²) < 4.78 is 10.1. The van der Waals surface area contributed by atoms with Crippen molar-refractivity contribution in [3.63, 3.8) is 0 Å². The van der Waals surface area contributed by atoms with E-state index in [2.05, 4.69) is 0 Å². The zero-order valence-corrected chi connectivity index (χ0v) is 12.1. The second-order valence-electron chi connectivity index (χ2n) is 5.57. The number of amides is 1. The van der Waals surface area contributed by atoms with Crippen LogP contribution in [0.15, 0.2) is 18.2 Å². The van der Waals surface area contributed by atoms with Gasteiger partial charge in [0.15, 0.2) is 0 Å². The Morgan fingerprint density at radius 2 is 1.90 bits per heavy atom. The van der Waals surface area contributed by atoms with E-state index >= 15 is 0 Å². The number of likely N-dealkylation sites (tertiary alicyclic amines) is 1. The van der Waals surface area contributed by atoms with E-state index in [1.165, 1.54) is 7.11 Å². The molecule has 2 heterocycles. The molecule has 0 unspecified atom stereocenters. The second kappa shape index (κ2) is 5.85. The number of methoxy groups -OCH3 is 1. The summed E-state index contributed by atoms with van der Waals surface area (Å²) in [5.41, 5.74) is 2.97. The van der Waals surface area contributed by atoms with E-state index in [0.717, 1.165) is 11.1 Å². The zero-order valence-electron chi connectivity index (χ0n) is 12.1. The number of hydrogen-bond donors (Lipinski definition) is 0. The number of carbonyl (C=O) groups is 2. The normalized spacial score (nSPS) is 18.4. The smallest absolute Gasteiger partial charge is 0.308 e. The maximum absolute atomic E-state index is 12.5. The fourth-order valence-electron chi connectivity index (χ4n) is 2.97. The van der Waals surface area contributed by atoms with Crippen LogP contribution in [0, 0.1) is 5.92 Å². The van der Waals surface area contributed by atoms with Gasteiger partial charge in [-0.05, 0) is 36.1 Å². The summed E-state index contributed by atoms with van der Waals surface area (Å²) in [6.45, 7) is 2.42. The largest absolute Gasteiger partial charge is 0.469 e. The lowest BCUT2D eigenvalue weighted by molar-refractivity contribution is -0.146. The Kier molecular flexibility index (Phi) is 3.92. The highest BCUT2D eigenvalue weighted by atomic mass is 16.5. The Labute approximate surface area is 123 Å². The van der Waals surface area contributed by atoms with E-state index in [0.29, 0.717) is 44.7 Å². The third-order valence-electron chi connectivity index (χ3n) is 4.29. The van der Waals surface area contributed by atoms with E-state index in [-0.39, 0.29) is 17.8 Å². The minimum absolute atomic E-state index is 0.0352. The molecule has 0 spiro atoms. The Morgan fingerprint density at radius 3 is 2.62 bits per heavy atom. The minimum Gasteiger partial charge on any atom is -0.469 e. The van der Waals surface area contributed by atoms with Crippen molar-refractivity contribution in [2.75, 3.05) is 20.2 Å². The first-order chi connectivity index (χ1) is 10.2. The molecule has 0 bridgehead atoms. The lowest BCUT2D eigenvalue weighted by atomic mass is 9.96. The van der Waals surface area contributed by atoms with Gasteiger partial charge in [0, 0.05) is 18.7 Å². The monoisotopic (exact) mass is 289 g/mol. The molecule has 0 saturated carbocycles. The van der Waals surface area contributed by atoms with Gasteiger partial charge in [0.25, 0.3) is 5.91 Å². The van der Waals surface area contributed by atoms with Crippen molar-refractivity contribution in [3.8, 4) is 0 Å². The molecule has 21 heavy (non-hydrogen) atoms. The number of carbonyl (C=O) groups excluding carboxylic acids is 2. The van der Waals surface area contributed by atoms with Gasteiger partial charge in [-0.1, -0.05) is 6.07 Å². The highest BCUT2D eigenvalue weighted by Crippen LogP contribution is 2.24.